The zero-order chi connectivity index (χ0) is 39.0. The van der Waals surface area contributed by atoms with Crippen LogP contribution in [0.5, 0.6) is 0 Å². The molecular weight excluding hydrogens is 664 g/mol. The molecule has 0 aromatic rings. The highest BCUT2D eigenvalue weighted by Gasteiger charge is 2.16. The van der Waals surface area contributed by atoms with Crippen molar-refractivity contribution in [2.24, 2.45) is 5.92 Å². The number of rotatable bonds is 36. The summed E-state index contributed by atoms with van der Waals surface area (Å²) < 4.78 is 10.5. The summed E-state index contributed by atoms with van der Waals surface area (Å²) in [5, 5.41) is 29.4. The van der Waals surface area contributed by atoms with Gasteiger partial charge in [0, 0.05) is 12.8 Å². The van der Waals surface area contributed by atoms with Crippen molar-refractivity contribution in [2.45, 2.75) is 187 Å². The van der Waals surface area contributed by atoms with Crippen molar-refractivity contribution in [1.82, 2.24) is 0 Å². The molecule has 0 aromatic heterocycles. The SMILES string of the molecule is CC/C=C\C[C@H](O)/C=C/C=C\C/C=C\C=C\[C@H](O)/C=C\CCCC(=O)O[C@@H](CO)COC(=O)CCCCCCCCCCCCCCCCCC(C)C. The second-order valence-corrected chi connectivity index (χ2v) is 14.6. The number of esters is 2. The molecule has 0 bridgehead atoms. The molecule has 0 heterocycles. The first-order valence-corrected chi connectivity index (χ1v) is 21.1. The topological polar surface area (TPSA) is 113 Å². The molecule has 0 aliphatic heterocycles. The minimum absolute atomic E-state index is 0.138. The number of unbranched alkanes of at least 4 members (excludes halogenated alkanes) is 15. The molecule has 7 heteroatoms. The fraction of sp³-hybridized carbons (Fsp3) is 0.696. The lowest BCUT2D eigenvalue weighted by atomic mass is 10.0. The Morgan fingerprint density at radius 1 is 0.604 bits per heavy atom. The molecule has 0 fully saturated rings. The summed E-state index contributed by atoms with van der Waals surface area (Å²) in [4.78, 5) is 24.3. The van der Waals surface area contributed by atoms with Gasteiger partial charge in [0.15, 0.2) is 6.10 Å². The van der Waals surface area contributed by atoms with Crippen LogP contribution < -0.4 is 0 Å². The Labute approximate surface area is 324 Å². The van der Waals surface area contributed by atoms with Crippen LogP contribution in [0.4, 0.5) is 0 Å². The molecule has 0 spiro atoms. The molecule has 53 heavy (non-hydrogen) atoms. The normalized spacial score (nSPS) is 14.2. The summed E-state index contributed by atoms with van der Waals surface area (Å²) in [6, 6.07) is 0. The van der Waals surface area contributed by atoms with Gasteiger partial charge in [-0.3, -0.25) is 9.59 Å². The number of ether oxygens (including phenoxy) is 2. The van der Waals surface area contributed by atoms with Gasteiger partial charge in [-0.2, -0.15) is 0 Å². The Bertz CT molecular complexity index is 1020. The number of carbonyl (C=O) groups excluding carboxylic acids is 2. The minimum atomic E-state index is -0.862. The van der Waals surface area contributed by atoms with Crippen molar-refractivity contribution in [2.75, 3.05) is 13.2 Å². The third-order valence-electron chi connectivity index (χ3n) is 8.87. The summed E-state index contributed by atoms with van der Waals surface area (Å²) in [5.41, 5.74) is 0. The molecule has 0 radical (unpaired) electrons. The van der Waals surface area contributed by atoms with Crippen molar-refractivity contribution >= 4 is 11.9 Å². The van der Waals surface area contributed by atoms with E-state index in [0.29, 0.717) is 25.7 Å². The summed E-state index contributed by atoms with van der Waals surface area (Å²) in [6.45, 7) is 6.14. The van der Waals surface area contributed by atoms with E-state index in [9.17, 15) is 24.9 Å². The van der Waals surface area contributed by atoms with Gasteiger partial charge in [0.05, 0.1) is 18.8 Å². The largest absolute Gasteiger partial charge is 0.462 e. The molecule has 0 amide bonds. The average Bonchev–Trinajstić information content (AvgIpc) is 3.13. The van der Waals surface area contributed by atoms with Crippen molar-refractivity contribution in [3.63, 3.8) is 0 Å². The number of aliphatic hydroxyl groups excluding tert-OH is 3. The van der Waals surface area contributed by atoms with Crippen LogP contribution in [0.3, 0.4) is 0 Å². The number of hydrogen-bond acceptors (Lipinski definition) is 7. The van der Waals surface area contributed by atoms with Crippen molar-refractivity contribution in [3.05, 3.63) is 72.9 Å². The number of allylic oxidation sites excluding steroid dienone is 8. The third kappa shape index (κ3) is 38.8. The third-order valence-corrected chi connectivity index (χ3v) is 8.87. The molecule has 0 unspecified atom stereocenters. The first kappa shape index (κ1) is 50.3. The van der Waals surface area contributed by atoms with Gasteiger partial charge in [0.1, 0.15) is 6.61 Å². The van der Waals surface area contributed by atoms with Gasteiger partial charge in [0.2, 0.25) is 0 Å². The van der Waals surface area contributed by atoms with E-state index >= 15 is 0 Å². The van der Waals surface area contributed by atoms with E-state index < -0.39 is 30.9 Å². The fourth-order valence-electron chi connectivity index (χ4n) is 5.66. The van der Waals surface area contributed by atoms with E-state index in [0.717, 1.165) is 38.0 Å². The number of carbonyl (C=O) groups is 2. The molecule has 0 aromatic carbocycles. The van der Waals surface area contributed by atoms with Gasteiger partial charge in [-0.25, -0.2) is 0 Å². The summed E-state index contributed by atoms with van der Waals surface area (Å²) in [6.07, 6.45) is 44.7. The first-order valence-electron chi connectivity index (χ1n) is 21.1. The maximum absolute atomic E-state index is 12.2. The molecule has 0 saturated carbocycles. The number of aliphatic hydroxyl groups is 3. The summed E-state index contributed by atoms with van der Waals surface area (Å²) >= 11 is 0. The molecule has 7 nitrogen and oxygen atoms in total. The second kappa shape index (κ2) is 39.0. The highest BCUT2D eigenvalue weighted by molar-refractivity contribution is 5.70. The van der Waals surface area contributed by atoms with Crippen LogP contribution in [0.15, 0.2) is 72.9 Å². The van der Waals surface area contributed by atoms with Gasteiger partial charge in [0.25, 0.3) is 0 Å². The standard InChI is InChI=1S/C46H78O7/c1-4-5-25-33-42(48)34-27-21-17-15-18-22-28-35-43(49)36-29-24-31-38-46(51)53-44(39-47)40-52-45(50)37-30-23-19-14-12-10-8-6-7-9-11-13-16-20-26-32-41(2)3/h5,17-18,21-22,25,27-29,34-36,41-44,47-49H,4,6-16,19-20,23-24,26,30-33,37-40H2,1-3H3/b21-17-,22-18-,25-5-,34-27+,35-28+,36-29-/t42-,43-,44-/m0/s1. The Morgan fingerprint density at radius 3 is 1.72 bits per heavy atom. The van der Waals surface area contributed by atoms with Crippen LogP contribution in [0.25, 0.3) is 0 Å². The smallest absolute Gasteiger partial charge is 0.306 e. The van der Waals surface area contributed by atoms with E-state index in [2.05, 4.69) is 20.8 Å². The van der Waals surface area contributed by atoms with Crippen LogP contribution in [0.2, 0.25) is 0 Å². The van der Waals surface area contributed by atoms with Crippen molar-refractivity contribution in [3.8, 4) is 0 Å². The van der Waals surface area contributed by atoms with Gasteiger partial charge >= 0.3 is 11.9 Å². The van der Waals surface area contributed by atoms with Crippen molar-refractivity contribution < 1.29 is 34.4 Å². The summed E-state index contributed by atoms with van der Waals surface area (Å²) in [5.74, 6) is 0.0676. The monoisotopic (exact) mass is 743 g/mol. The van der Waals surface area contributed by atoms with Crippen LogP contribution in [0.1, 0.15) is 168 Å². The van der Waals surface area contributed by atoms with E-state index in [4.69, 9.17) is 9.47 Å². The highest BCUT2D eigenvalue weighted by atomic mass is 16.6. The lowest BCUT2D eigenvalue weighted by Gasteiger charge is -2.15. The van der Waals surface area contributed by atoms with E-state index in [1.807, 2.05) is 48.6 Å². The maximum atomic E-state index is 12.2. The van der Waals surface area contributed by atoms with E-state index in [1.165, 1.54) is 83.5 Å². The zero-order valence-corrected chi connectivity index (χ0v) is 33.9. The van der Waals surface area contributed by atoms with Crippen LogP contribution in [-0.2, 0) is 19.1 Å². The highest BCUT2D eigenvalue weighted by Crippen LogP contribution is 2.15. The van der Waals surface area contributed by atoms with Crippen LogP contribution in [-0.4, -0.2) is 58.8 Å². The predicted octanol–water partition coefficient (Wildman–Crippen LogP) is 11.1. The fourth-order valence-corrected chi connectivity index (χ4v) is 5.66. The second-order valence-electron chi connectivity index (χ2n) is 14.6. The molecule has 0 saturated heterocycles. The maximum Gasteiger partial charge on any atom is 0.306 e. The molecule has 0 aliphatic carbocycles. The lowest BCUT2D eigenvalue weighted by Crippen LogP contribution is -2.28. The van der Waals surface area contributed by atoms with E-state index in [-0.39, 0.29) is 19.0 Å². The van der Waals surface area contributed by atoms with E-state index in [1.54, 1.807) is 24.3 Å². The van der Waals surface area contributed by atoms with Gasteiger partial charge < -0.3 is 24.8 Å². The van der Waals surface area contributed by atoms with Gasteiger partial charge in [-0.05, 0) is 44.4 Å². The summed E-state index contributed by atoms with van der Waals surface area (Å²) in [7, 11) is 0. The Morgan fingerprint density at radius 2 is 1.15 bits per heavy atom. The minimum Gasteiger partial charge on any atom is -0.462 e. The van der Waals surface area contributed by atoms with Crippen molar-refractivity contribution in [1.29, 1.82) is 0 Å². The molecular formula is C46H78O7. The predicted molar refractivity (Wildman–Crippen MR) is 221 cm³/mol. The first-order chi connectivity index (χ1) is 25.8. The number of hydrogen-bond donors (Lipinski definition) is 3. The van der Waals surface area contributed by atoms with Gasteiger partial charge in [-0.15, -0.1) is 0 Å². The Balaban J connectivity index is 3.80. The molecule has 3 atom stereocenters. The van der Waals surface area contributed by atoms with Gasteiger partial charge in [-0.1, -0.05) is 190 Å². The Hall–Kier alpha value is -2.74. The quantitative estimate of drug-likeness (QED) is 0.0253. The Kier molecular flexibility index (Phi) is 37.0. The molecule has 0 rings (SSSR count). The lowest BCUT2D eigenvalue weighted by molar-refractivity contribution is -0.161. The van der Waals surface area contributed by atoms with Crippen LogP contribution >= 0.6 is 0 Å². The van der Waals surface area contributed by atoms with Crippen LogP contribution in [0, 0.1) is 5.92 Å². The average molecular weight is 743 g/mol. The molecule has 304 valence electrons. The molecule has 0 aliphatic rings. The molecule has 3 N–H and O–H groups in total. The zero-order valence-electron chi connectivity index (χ0n) is 33.9.